The average Bonchev–Trinajstić information content (AvgIpc) is 3.26. The number of carbonyl (C=O) groups is 1. The number of carbonyl (C=O) groups excluding carboxylic acids is 1. The van der Waals surface area contributed by atoms with Gasteiger partial charge in [-0.1, -0.05) is 38.4 Å². The summed E-state index contributed by atoms with van der Waals surface area (Å²) in [7, 11) is 0. The Morgan fingerprint density at radius 2 is 1.94 bits per heavy atom. The van der Waals surface area contributed by atoms with Crippen molar-refractivity contribution in [3.05, 3.63) is 63.9 Å². The number of alkyl halides is 3. The fourth-order valence-electron chi connectivity index (χ4n) is 4.10. The van der Waals surface area contributed by atoms with Gasteiger partial charge in [-0.05, 0) is 48.7 Å². The van der Waals surface area contributed by atoms with Crippen molar-refractivity contribution in [2.24, 2.45) is 5.41 Å². The van der Waals surface area contributed by atoms with Gasteiger partial charge in [0.2, 0.25) is 5.91 Å². The quantitative estimate of drug-likeness (QED) is 0.435. The summed E-state index contributed by atoms with van der Waals surface area (Å²) in [6.45, 7) is 6.32. The molecule has 1 heterocycles. The van der Waals surface area contributed by atoms with Crippen molar-refractivity contribution in [1.29, 1.82) is 5.26 Å². The highest BCUT2D eigenvalue weighted by molar-refractivity contribution is 6.32. The summed E-state index contributed by atoms with van der Waals surface area (Å²) in [5, 5.41) is 9.37. The van der Waals surface area contributed by atoms with E-state index >= 15 is 0 Å². The van der Waals surface area contributed by atoms with Gasteiger partial charge in [-0.25, -0.2) is 4.39 Å². The van der Waals surface area contributed by atoms with Crippen LogP contribution in [-0.4, -0.2) is 29.9 Å². The van der Waals surface area contributed by atoms with Crippen LogP contribution in [0, 0.1) is 22.6 Å². The second-order valence-electron chi connectivity index (χ2n) is 9.13. The summed E-state index contributed by atoms with van der Waals surface area (Å²) in [5.41, 5.74) is -0.910. The van der Waals surface area contributed by atoms with Gasteiger partial charge in [0.15, 0.2) is 0 Å². The minimum Gasteiger partial charge on any atom is -0.362 e. The zero-order valence-electron chi connectivity index (χ0n) is 19.2. The van der Waals surface area contributed by atoms with Crippen LogP contribution in [0.4, 0.5) is 23.2 Å². The van der Waals surface area contributed by atoms with Crippen LogP contribution in [-0.2, 0) is 17.5 Å². The van der Waals surface area contributed by atoms with Crippen molar-refractivity contribution >= 4 is 23.2 Å². The topological polar surface area (TPSA) is 47.3 Å². The molecule has 3 rings (SSSR count). The molecule has 1 aliphatic rings. The molecule has 182 valence electrons. The predicted octanol–water partition coefficient (Wildman–Crippen LogP) is 6.41. The number of likely N-dealkylation sites (tertiary alicyclic amines) is 1. The molecule has 1 atom stereocenters. The Morgan fingerprint density at radius 3 is 2.53 bits per heavy atom. The molecular weight excluding hydrogens is 470 g/mol. The number of anilines is 1. The number of benzene rings is 2. The number of halogens is 5. The molecule has 0 aromatic heterocycles. The minimum absolute atomic E-state index is 0.00641. The van der Waals surface area contributed by atoms with E-state index in [0.717, 1.165) is 12.1 Å². The van der Waals surface area contributed by atoms with Crippen molar-refractivity contribution in [3.63, 3.8) is 0 Å². The smallest absolute Gasteiger partial charge is 0.362 e. The fraction of sp³-hybridized carbons (Fsp3) is 0.440. The van der Waals surface area contributed by atoms with Crippen LogP contribution in [0.3, 0.4) is 0 Å². The first-order valence-electron chi connectivity index (χ1n) is 11.0. The maximum absolute atomic E-state index is 13.7. The van der Waals surface area contributed by atoms with E-state index in [9.17, 15) is 27.6 Å². The third-order valence-corrected chi connectivity index (χ3v) is 6.79. The minimum atomic E-state index is -4.73. The van der Waals surface area contributed by atoms with E-state index < -0.39 is 23.0 Å². The van der Waals surface area contributed by atoms with Crippen molar-refractivity contribution in [2.45, 2.75) is 52.4 Å². The predicted molar refractivity (Wildman–Crippen MR) is 123 cm³/mol. The van der Waals surface area contributed by atoms with Gasteiger partial charge in [-0.2, -0.15) is 18.4 Å². The first kappa shape index (κ1) is 25.8. The molecule has 0 spiro atoms. The number of nitrogens with zero attached hydrogens (tertiary/aromatic N) is 3. The lowest BCUT2D eigenvalue weighted by Gasteiger charge is -2.33. The van der Waals surface area contributed by atoms with Gasteiger partial charge in [-0.3, -0.25) is 4.79 Å². The molecule has 4 nitrogen and oxygen atoms in total. The summed E-state index contributed by atoms with van der Waals surface area (Å²) in [6.07, 6.45) is -3.52. The second kappa shape index (κ2) is 9.83. The van der Waals surface area contributed by atoms with Gasteiger partial charge in [0.05, 0.1) is 16.1 Å². The van der Waals surface area contributed by atoms with Crippen molar-refractivity contribution in [3.8, 4) is 6.07 Å². The SMILES string of the molecule is CCC(C)(C)C(=O)N1CC[C@H](N(Cc2ccc(F)cc2C(F)(F)F)c2ccc(C#N)c(Cl)c2)C1. The number of nitriles is 1. The molecule has 2 aromatic carbocycles. The molecule has 0 aliphatic carbocycles. The molecular formula is C25H26ClF4N3O. The largest absolute Gasteiger partial charge is 0.416 e. The van der Waals surface area contributed by atoms with Crippen LogP contribution in [0.2, 0.25) is 5.02 Å². The Hall–Kier alpha value is -2.79. The maximum Gasteiger partial charge on any atom is 0.416 e. The summed E-state index contributed by atoms with van der Waals surface area (Å²) >= 11 is 6.22. The summed E-state index contributed by atoms with van der Waals surface area (Å²) < 4.78 is 54.6. The normalized spacial score (nSPS) is 16.4. The molecule has 0 radical (unpaired) electrons. The molecule has 2 aromatic rings. The number of hydrogen-bond acceptors (Lipinski definition) is 3. The van der Waals surface area contributed by atoms with Gasteiger partial charge in [0.1, 0.15) is 11.9 Å². The summed E-state index contributed by atoms with van der Waals surface area (Å²) in [5.74, 6) is -0.975. The standard InChI is InChI=1S/C25H26ClF4N3O/c1-4-24(2,3)23(34)32-10-9-20(15-32)33(19-8-6-16(13-31)22(26)12-19)14-17-5-7-18(27)11-21(17)25(28,29)30/h5-8,11-12,20H,4,9-10,14-15H2,1-3H3/t20-/m0/s1. The first-order valence-corrected chi connectivity index (χ1v) is 11.4. The molecule has 0 saturated carbocycles. The lowest BCUT2D eigenvalue weighted by atomic mass is 9.88. The van der Waals surface area contributed by atoms with E-state index in [-0.39, 0.29) is 34.6 Å². The van der Waals surface area contributed by atoms with Crippen molar-refractivity contribution < 1.29 is 22.4 Å². The molecule has 1 aliphatic heterocycles. The van der Waals surface area contributed by atoms with Crippen molar-refractivity contribution in [1.82, 2.24) is 4.90 Å². The van der Waals surface area contributed by atoms with Crippen LogP contribution >= 0.6 is 11.6 Å². The molecule has 0 N–H and O–H groups in total. The highest BCUT2D eigenvalue weighted by atomic mass is 35.5. The Balaban J connectivity index is 2.00. The zero-order chi connectivity index (χ0) is 25.3. The lowest BCUT2D eigenvalue weighted by molar-refractivity contribution is -0.139. The van der Waals surface area contributed by atoms with Crippen LogP contribution in [0.5, 0.6) is 0 Å². The molecule has 1 fully saturated rings. The Kier molecular flexibility index (Phi) is 7.47. The number of hydrogen-bond donors (Lipinski definition) is 0. The van der Waals surface area contributed by atoms with Gasteiger partial charge in [-0.15, -0.1) is 0 Å². The number of amides is 1. The molecule has 0 bridgehead atoms. The average molecular weight is 496 g/mol. The fourth-order valence-corrected chi connectivity index (χ4v) is 4.32. The third kappa shape index (κ3) is 5.47. The van der Waals surface area contributed by atoms with Gasteiger partial charge in [0, 0.05) is 36.8 Å². The number of rotatable bonds is 6. The Bertz CT molecular complexity index is 1110. The van der Waals surface area contributed by atoms with Crippen molar-refractivity contribution in [2.75, 3.05) is 18.0 Å². The van der Waals surface area contributed by atoms with Crippen LogP contribution in [0.25, 0.3) is 0 Å². The van der Waals surface area contributed by atoms with Gasteiger partial charge < -0.3 is 9.80 Å². The summed E-state index contributed by atoms with van der Waals surface area (Å²) in [6, 6.07) is 8.99. The van der Waals surface area contributed by atoms with Gasteiger partial charge in [0.25, 0.3) is 0 Å². The van der Waals surface area contributed by atoms with Crippen LogP contribution < -0.4 is 4.90 Å². The van der Waals surface area contributed by atoms with Crippen LogP contribution in [0.15, 0.2) is 36.4 Å². The maximum atomic E-state index is 13.7. The molecule has 1 saturated heterocycles. The Labute approximate surface area is 201 Å². The molecule has 9 heteroatoms. The van der Waals surface area contributed by atoms with E-state index in [1.807, 2.05) is 26.8 Å². The molecule has 1 amide bonds. The molecule has 0 unspecified atom stereocenters. The lowest BCUT2D eigenvalue weighted by Crippen LogP contribution is -2.42. The zero-order valence-corrected chi connectivity index (χ0v) is 20.0. The van der Waals surface area contributed by atoms with E-state index in [2.05, 4.69) is 0 Å². The van der Waals surface area contributed by atoms with Crippen LogP contribution in [0.1, 0.15) is 50.3 Å². The van der Waals surface area contributed by atoms with E-state index in [1.165, 1.54) is 12.1 Å². The first-order chi connectivity index (χ1) is 15.9. The second-order valence-corrected chi connectivity index (χ2v) is 9.54. The van der Waals surface area contributed by atoms with Gasteiger partial charge >= 0.3 is 6.18 Å². The van der Waals surface area contributed by atoms with E-state index in [1.54, 1.807) is 15.9 Å². The highest BCUT2D eigenvalue weighted by Gasteiger charge is 2.38. The third-order valence-electron chi connectivity index (χ3n) is 6.48. The molecule has 34 heavy (non-hydrogen) atoms. The van der Waals surface area contributed by atoms with E-state index in [0.29, 0.717) is 37.7 Å². The summed E-state index contributed by atoms with van der Waals surface area (Å²) in [4.78, 5) is 16.5. The monoisotopic (exact) mass is 495 g/mol. The highest BCUT2D eigenvalue weighted by Crippen LogP contribution is 2.36. The van der Waals surface area contributed by atoms with E-state index in [4.69, 9.17) is 11.6 Å². The Morgan fingerprint density at radius 1 is 1.24 bits per heavy atom.